The molecule has 2 unspecified atom stereocenters. The van der Waals surface area contributed by atoms with Gasteiger partial charge in [0, 0.05) is 43.6 Å². The van der Waals surface area contributed by atoms with E-state index in [1.807, 2.05) is 59.6 Å². The summed E-state index contributed by atoms with van der Waals surface area (Å²) < 4.78 is 0. The number of nitrogens with zero attached hydrogens (tertiary/aromatic N) is 6. The summed E-state index contributed by atoms with van der Waals surface area (Å²) in [4.78, 5) is 31.2. The number of fused-ring (bicyclic) bond motifs is 2. The molecule has 0 saturated carbocycles. The molecule has 6 rings (SSSR count). The molecule has 0 aliphatic carbocycles. The number of rotatable bonds is 3. The van der Waals surface area contributed by atoms with Gasteiger partial charge in [0.05, 0.1) is 22.8 Å². The number of benzene rings is 2. The number of carbonyl (C=O) groups is 1. The number of nitrogens with one attached hydrogen (secondary N) is 1. The molecule has 2 aliphatic rings. The molecule has 2 atom stereocenters. The second kappa shape index (κ2) is 7.16. The van der Waals surface area contributed by atoms with E-state index < -0.39 is 0 Å². The van der Waals surface area contributed by atoms with Gasteiger partial charge in [0.2, 0.25) is 0 Å². The highest BCUT2D eigenvalue weighted by Gasteiger charge is 2.42. The van der Waals surface area contributed by atoms with Crippen LogP contribution in [0.2, 0.25) is 0 Å². The number of H-pyrrole nitrogens is 1. The zero-order chi connectivity index (χ0) is 20.8. The van der Waals surface area contributed by atoms with E-state index in [4.69, 9.17) is 4.98 Å². The Kier molecular flexibility index (Phi) is 4.15. The first kappa shape index (κ1) is 18.0. The molecule has 2 aliphatic heterocycles. The van der Waals surface area contributed by atoms with E-state index in [0.717, 1.165) is 48.6 Å². The highest BCUT2D eigenvalue weighted by atomic mass is 16.2. The summed E-state index contributed by atoms with van der Waals surface area (Å²) in [6.07, 6.45) is 3.32. The standard InChI is InChI=1S/C23H21N7O/c31-23(18-6-2-1-5-17(18)22-25-14-26-28-22)30-12-15-10-29(11-16(15)13-30)21-9-24-19-7-3-4-8-20(19)27-21/h1-9,14-16H,10-13H2,(H,25,26,28). The summed E-state index contributed by atoms with van der Waals surface area (Å²) >= 11 is 0. The molecular formula is C23H21N7O. The van der Waals surface area contributed by atoms with Gasteiger partial charge in [-0.1, -0.05) is 30.3 Å². The largest absolute Gasteiger partial charge is 0.355 e. The number of anilines is 1. The van der Waals surface area contributed by atoms with Crippen molar-refractivity contribution >= 4 is 22.8 Å². The molecule has 0 radical (unpaired) electrons. The van der Waals surface area contributed by atoms with Crippen LogP contribution in [0.3, 0.4) is 0 Å². The van der Waals surface area contributed by atoms with Crippen LogP contribution in [0.15, 0.2) is 61.1 Å². The second-order valence-electron chi connectivity index (χ2n) is 8.23. The quantitative estimate of drug-likeness (QED) is 0.557. The van der Waals surface area contributed by atoms with Gasteiger partial charge in [-0.25, -0.2) is 9.97 Å². The van der Waals surface area contributed by atoms with E-state index in [-0.39, 0.29) is 5.91 Å². The van der Waals surface area contributed by atoms with Crippen molar-refractivity contribution in [1.82, 2.24) is 30.0 Å². The maximum atomic E-state index is 13.3. The number of carbonyl (C=O) groups excluding carboxylic acids is 1. The van der Waals surface area contributed by atoms with Crippen molar-refractivity contribution in [2.45, 2.75) is 0 Å². The van der Waals surface area contributed by atoms with Crippen LogP contribution in [-0.4, -0.2) is 62.1 Å². The average molecular weight is 411 g/mol. The number of hydrogen-bond acceptors (Lipinski definition) is 6. The fraction of sp³-hybridized carbons (Fsp3) is 0.261. The highest BCUT2D eigenvalue weighted by Crippen LogP contribution is 2.35. The molecule has 31 heavy (non-hydrogen) atoms. The summed E-state index contributed by atoms with van der Waals surface area (Å²) in [6.45, 7) is 3.30. The molecule has 2 aromatic heterocycles. The smallest absolute Gasteiger partial charge is 0.254 e. The van der Waals surface area contributed by atoms with Gasteiger partial charge in [0.15, 0.2) is 5.82 Å². The third kappa shape index (κ3) is 3.11. The molecule has 0 spiro atoms. The van der Waals surface area contributed by atoms with Gasteiger partial charge < -0.3 is 9.80 Å². The van der Waals surface area contributed by atoms with Crippen LogP contribution < -0.4 is 4.90 Å². The number of aromatic nitrogens is 5. The predicted octanol–water partition coefficient (Wildman–Crippen LogP) is 2.62. The third-order valence-electron chi connectivity index (χ3n) is 6.36. The van der Waals surface area contributed by atoms with E-state index >= 15 is 0 Å². The Morgan fingerprint density at radius 2 is 1.65 bits per heavy atom. The number of likely N-dealkylation sites (tertiary alicyclic amines) is 1. The zero-order valence-electron chi connectivity index (χ0n) is 16.8. The van der Waals surface area contributed by atoms with Crippen LogP contribution in [0.5, 0.6) is 0 Å². The van der Waals surface area contributed by atoms with E-state index in [2.05, 4.69) is 25.1 Å². The van der Waals surface area contributed by atoms with E-state index in [0.29, 0.717) is 23.2 Å². The summed E-state index contributed by atoms with van der Waals surface area (Å²) in [5.41, 5.74) is 3.28. The van der Waals surface area contributed by atoms with Crippen LogP contribution in [0.25, 0.3) is 22.4 Å². The first-order chi connectivity index (χ1) is 15.3. The normalized spacial score (nSPS) is 20.4. The minimum absolute atomic E-state index is 0.0541. The number of aromatic amines is 1. The van der Waals surface area contributed by atoms with Crippen molar-refractivity contribution in [3.63, 3.8) is 0 Å². The monoisotopic (exact) mass is 411 g/mol. The van der Waals surface area contributed by atoms with Gasteiger partial charge in [0.25, 0.3) is 5.91 Å². The molecule has 1 N–H and O–H groups in total. The van der Waals surface area contributed by atoms with E-state index in [9.17, 15) is 4.79 Å². The minimum atomic E-state index is 0.0541. The molecule has 1 amide bonds. The summed E-state index contributed by atoms with van der Waals surface area (Å²) in [6, 6.07) is 15.5. The molecule has 4 aromatic rings. The minimum Gasteiger partial charge on any atom is -0.355 e. The fourth-order valence-corrected chi connectivity index (χ4v) is 4.83. The van der Waals surface area contributed by atoms with Crippen LogP contribution in [0.1, 0.15) is 10.4 Å². The Balaban J connectivity index is 1.19. The second-order valence-corrected chi connectivity index (χ2v) is 8.23. The highest BCUT2D eigenvalue weighted by molar-refractivity contribution is 6.00. The maximum absolute atomic E-state index is 13.3. The Morgan fingerprint density at radius 1 is 0.903 bits per heavy atom. The van der Waals surface area contributed by atoms with Gasteiger partial charge in [0.1, 0.15) is 12.1 Å². The predicted molar refractivity (Wildman–Crippen MR) is 116 cm³/mol. The first-order valence-corrected chi connectivity index (χ1v) is 10.5. The molecule has 2 aromatic carbocycles. The number of para-hydroxylation sites is 2. The molecule has 154 valence electrons. The molecule has 8 nitrogen and oxygen atoms in total. The molecular weight excluding hydrogens is 390 g/mol. The van der Waals surface area contributed by atoms with E-state index in [1.165, 1.54) is 6.33 Å². The lowest BCUT2D eigenvalue weighted by molar-refractivity contribution is 0.0783. The average Bonchev–Trinajstić information content (AvgIpc) is 3.55. The Bertz CT molecular complexity index is 1240. The van der Waals surface area contributed by atoms with Crippen LogP contribution in [0.4, 0.5) is 5.82 Å². The summed E-state index contributed by atoms with van der Waals surface area (Å²) in [5.74, 6) is 2.47. The molecule has 2 fully saturated rings. The van der Waals surface area contributed by atoms with Crippen LogP contribution in [-0.2, 0) is 0 Å². The van der Waals surface area contributed by atoms with Gasteiger partial charge in [-0.05, 0) is 18.2 Å². The van der Waals surface area contributed by atoms with Crippen LogP contribution >= 0.6 is 0 Å². The van der Waals surface area contributed by atoms with Crippen molar-refractivity contribution in [3.8, 4) is 11.4 Å². The van der Waals surface area contributed by atoms with Gasteiger partial charge in [-0.2, -0.15) is 5.10 Å². The Labute approximate surface area is 179 Å². The molecule has 0 bridgehead atoms. The van der Waals surface area contributed by atoms with Crippen molar-refractivity contribution < 1.29 is 4.79 Å². The lowest BCUT2D eigenvalue weighted by Crippen LogP contribution is -2.33. The van der Waals surface area contributed by atoms with Crippen molar-refractivity contribution in [2.24, 2.45) is 11.8 Å². The summed E-state index contributed by atoms with van der Waals surface area (Å²) in [7, 11) is 0. The Hall–Kier alpha value is -3.81. The molecule has 2 saturated heterocycles. The van der Waals surface area contributed by atoms with Gasteiger partial charge >= 0.3 is 0 Å². The lowest BCUT2D eigenvalue weighted by Gasteiger charge is -2.23. The molecule has 4 heterocycles. The number of amides is 1. The summed E-state index contributed by atoms with van der Waals surface area (Å²) in [5, 5.41) is 6.79. The third-order valence-corrected chi connectivity index (χ3v) is 6.36. The zero-order valence-corrected chi connectivity index (χ0v) is 16.8. The molecule has 8 heteroatoms. The SMILES string of the molecule is O=C(c1ccccc1-c1ncn[nH]1)N1CC2CN(c3cnc4ccccc4n3)CC2C1. The first-order valence-electron chi connectivity index (χ1n) is 10.5. The maximum Gasteiger partial charge on any atom is 0.254 e. The van der Waals surface area contributed by atoms with Gasteiger partial charge in [-0.3, -0.25) is 14.9 Å². The number of hydrogen-bond donors (Lipinski definition) is 1. The van der Waals surface area contributed by atoms with E-state index in [1.54, 1.807) is 0 Å². The van der Waals surface area contributed by atoms with Crippen molar-refractivity contribution in [2.75, 3.05) is 31.1 Å². The topological polar surface area (TPSA) is 90.9 Å². The van der Waals surface area contributed by atoms with Crippen molar-refractivity contribution in [1.29, 1.82) is 0 Å². The lowest BCUT2D eigenvalue weighted by atomic mass is 10.0. The fourth-order valence-electron chi connectivity index (χ4n) is 4.83. The van der Waals surface area contributed by atoms with Crippen LogP contribution in [0, 0.1) is 11.8 Å². The Morgan fingerprint density at radius 3 is 2.42 bits per heavy atom. The van der Waals surface area contributed by atoms with Gasteiger partial charge in [-0.15, -0.1) is 0 Å². The van der Waals surface area contributed by atoms with Crippen molar-refractivity contribution in [3.05, 3.63) is 66.6 Å².